The van der Waals surface area contributed by atoms with E-state index in [1.165, 1.54) is 18.3 Å². The molecule has 29 heavy (non-hydrogen) atoms. The minimum absolute atomic E-state index is 0.0798. The number of nitrogens with zero attached hydrogens (tertiary/aromatic N) is 2. The van der Waals surface area contributed by atoms with Gasteiger partial charge in [-0.2, -0.15) is 0 Å². The molecule has 0 aliphatic heterocycles. The molecule has 5 nitrogen and oxygen atoms in total. The second-order valence-corrected chi connectivity index (χ2v) is 9.20. The normalized spacial score (nSPS) is 18.8. The van der Waals surface area contributed by atoms with Gasteiger partial charge in [-0.25, -0.2) is 9.37 Å². The van der Waals surface area contributed by atoms with Gasteiger partial charge in [0.05, 0.1) is 21.9 Å². The number of carbonyl (C=O) groups is 1. The summed E-state index contributed by atoms with van der Waals surface area (Å²) in [6, 6.07) is 2.02. The van der Waals surface area contributed by atoms with Crippen LogP contribution >= 0.6 is 11.3 Å². The molecule has 150 valence electrons. The maximum Gasteiger partial charge on any atom is 0.202 e. The van der Waals surface area contributed by atoms with E-state index in [0.717, 1.165) is 36.1 Å². The molecule has 1 unspecified atom stereocenters. The van der Waals surface area contributed by atoms with Crippen molar-refractivity contribution in [1.29, 1.82) is 0 Å². The fraction of sp³-hybridized carbons (Fsp3) is 0.409. The molecule has 0 bridgehead atoms. The molecule has 0 radical (unpaired) electrons. The lowest BCUT2D eigenvalue weighted by Gasteiger charge is -2.16. The lowest BCUT2D eigenvalue weighted by atomic mass is 9.96. The quantitative estimate of drug-likeness (QED) is 0.644. The molecule has 1 N–H and O–H groups in total. The van der Waals surface area contributed by atoms with E-state index in [1.54, 1.807) is 13.1 Å². The van der Waals surface area contributed by atoms with E-state index in [-0.39, 0.29) is 34.0 Å². The molecule has 3 heterocycles. The predicted molar refractivity (Wildman–Crippen MR) is 110 cm³/mol. The lowest BCUT2D eigenvalue weighted by Crippen LogP contribution is -2.20. The predicted octanol–water partition coefficient (Wildman–Crippen LogP) is 4.48. The summed E-state index contributed by atoms with van der Waals surface area (Å²) in [5, 5.41) is 10.5. The summed E-state index contributed by atoms with van der Waals surface area (Å²) in [6.07, 6.45) is 5.46. The summed E-state index contributed by atoms with van der Waals surface area (Å²) >= 11 is 1.46. The van der Waals surface area contributed by atoms with Gasteiger partial charge in [0.25, 0.3) is 0 Å². The number of carbonyl (C=O) groups excluding carboxylic acids is 1. The Morgan fingerprint density at radius 3 is 2.76 bits per heavy atom. The van der Waals surface area contributed by atoms with Gasteiger partial charge in [0.1, 0.15) is 11.3 Å². The summed E-state index contributed by atoms with van der Waals surface area (Å²) in [6.45, 7) is 2.93. The Hall–Kier alpha value is -2.38. The number of thiophene rings is 1. The van der Waals surface area contributed by atoms with Crippen molar-refractivity contribution in [2.24, 2.45) is 0 Å². The second-order valence-electron chi connectivity index (χ2n) is 8.06. The highest BCUT2D eigenvalue weighted by Gasteiger charge is 2.30. The third kappa shape index (κ3) is 2.87. The van der Waals surface area contributed by atoms with Crippen LogP contribution in [0.15, 0.2) is 17.1 Å². The Bertz CT molecular complexity index is 1240. The average Bonchev–Trinajstić information content (AvgIpc) is 3.42. The molecule has 3 aromatic heterocycles. The van der Waals surface area contributed by atoms with Crippen molar-refractivity contribution in [3.8, 4) is 10.6 Å². The number of rotatable bonds is 3. The molecule has 2 aliphatic carbocycles. The molecular formula is C22H21FN2O3S. The molecular weight excluding hydrogens is 391 g/mol. The Morgan fingerprint density at radius 2 is 2.10 bits per heavy atom. The first-order chi connectivity index (χ1) is 13.9. The van der Waals surface area contributed by atoms with E-state index in [2.05, 4.69) is 4.98 Å². The fourth-order valence-corrected chi connectivity index (χ4v) is 5.45. The number of aliphatic hydroxyl groups is 1. The summed E-state index contributed by atoms with van der Waals surface area (Å²) in [5.74, 6) is -0.860. The highest BCUT2D eigenvalue weighted by atomic mass is 32.1. The molecule has 1 fully saturated rings. The van der Waals surface area contributed by atoms with Crippen LogP contribution in [-0.4, -0.2) is 20.4 Å². The monoisotopic (exact) mass is 412 g/mol. The average molecular weight is 412 g/mol. The van der Waals surface area contributed by atoms with Crippen LogP contribution in [0, 0.1) is 12.7 Å². The van der Waals surface area contributed by atoms with Crippen LogP contribution in [-0.2, 0) is 6.42 Å². The minimum atomic E-state index is -0.536. The SMILES string of the molecule is CC(=O)c1cn(C2CC2)c2nc(-c3cc4c(s3)CCCC4O)c(F)c(C)c2c1=O. The number of aliphatic hydroxyl groups excluding tert-OH is 1. The number of aryl methyl sites for hydroxylation is 2. The fourth-order valence-electron chi connectivity index (χ4n) is 4.21. The zero-order chi connectivity index (χ0) is 20.4. The Kier molecular flexibility index (Phi) is 4.22. The third-order valence-corrected chi connectivity index (χ3v) is 7.19. The van der Waals surface area contributed by atoms with Crippen LogP contribution in [0.2, 0.25) is 0 Å². The van der Waals surface area contributed by atoms with Crippen molar-refractivity contribution in [2.75, 3.05) is 0 Å². The molecule has 1 saturated carbocycles. The maximum absolute atomic E-state index is 15.4. The first-order valence-corrected chi connectivity index (χ1v) is 10.8. The van der Waals surface area contributed by atoms with Crippen molar-refractivity contribution in [2.45, 2.75) is 58.1 Å². The minimum Gasteiger partial charge on any atom is -0.388 e. The summed E-state index contributed by atoms with van der Waals surface area (Å²) in [7, 11) is 0. The largest absolute Gasteiger partial charge is 0.388 e. The van der Waals surface area contributed by atoms with Gasteiger partial charge in [-0.05, 0) is 57.6 Å². The molecule has 0 saturated heterocycles. The lowest BCUT2D eigenvalue weighted by molar-refractivity contribution is 0.101. The molecule has 7 heteroatoms. The topological polar surface area (TPSA) is 72.2 Å². The highest BCUT2D eigenvalue weighted by molar-refractivity contribution is 7.15. The first-order valence-electron chi connectivity index (χ1n) is 9.93. The number of hydrogen-bond donors (Lipinski definition) is 1. The van der Waals surface area contributed by atoms with Crippen molar-refractivity contribution in [1.82, 2.24) is 9.55 Å². The zero-order valence-electron chi connectivity index (χ0n) is 16.3. The smallest absolute Gasteiger partial charge is 0.202 e. The van der Waals surface area contributed by atoms with Crippen LogP contribution < -0.4 is 5.43 Å². The van der Waals surface area contributed by atoms with Crippen molar-refractivity contribution < 1.29 is 14.3 Å². The maximum atomic E-state index is 15.4. The molecule has 0 aromatic carbocycles. The second kappa shape index (κ2) is 6.57. The number of fused-ring (bicyclic) bond motifs is 2. The van der Waals surface area contributed by atoms with E-state index in [9.17, 15) is 14.7 Å². The van der Waals surface area contributed by atoms with Gasteiger partial charge in [-0.15, -0.1) is 11.3 Å². The van der Waals surface area contributed by atoms with Crippen LogP contribution in [0.3, 0.4) is 0 Å². The van der Waals surface area contributed by atoms with Gasteiger partial charge in [-0.1, -0.05) is 0 Å². The standard InChI is InChI=1S/C22H21FN2O3S/c1-10-18-21(28)14(11(2)26)9-25(12-6-7-12)22(18)24-20(19(10)23)17-8-13-15(27)4-3-5-16(13)29-17/h8-9,12,15,27H,3-7H2,1-2H3. The zero-order valence-corrected chi connectivity index (χ0v) is 17.1. The number of halogens is 1. The van der Waals surface area contributed by atoms with E-state index in [0.29, 0.717) is 16.9 Å². The number of aromatic nitrogens is 2. The molecule has 2 aliphatic rings. The molecule has 5 rings (SSSR count). The Balaban J connectivity index is 1.80. The van der Waals surface area contributed by atoms with Crippen LogP contribution in [0.4, 0.5) is 4.39 Å². The van der Waals surface area contributed by atoms with Gasteiger partial charge >= 0.3 is 0 Å². The van der Waals surface area contributed by atoms with Crippen LogP contribution in [0.5, 0.6) is 0 Å². The van der Waals surface area contributed by atoms with Crippen molar-refractivity contribution in [3.63, 3.8) is 0 Å². The number of hydrogen-bond acceptors (Lipinski definition) is 5. The third-order valence-electron chi connectivity index (χ3n) is 5.97. The van der Waals surface area contributed by atoms with Crippen LogP contribution in [0.1, 0.15) is 71.1 Å². The van der Waals surface area contributed by atoms with Crippen LogP contribution in [0.25, 0.3) is 21.6 Å². The summed E-state index contributed by atoms with van der Waals surface area (Å²) in [4.78, 5) is 31.2. The molecule has 1 atom stereocenters. The van der Waals surface area contributed by atoms with Gasteiger partial charge in [0.15, 0.2) is 11.6 Å². The van der Waals surface area contributed by atoms with Gasteiger partial charge in [0.2, 0.25) is 5.43 Å². The molecule has 0 amide bonds. The van der Waals surface area contributed by atoms with E-state index < -0.39 is 17.3 Å². The first kappa shape index (κ1) is 18.6. The summed E-state index contributed by atoms with van der Waals surface area (Å²) in [5.41, 5.74) is 1.35. The van der Waals surface area contributed by atoms with Crippen molar-refractivity contribution in [3.05, 3.63) is 49.9 Å². The molecule has 0 spiro atoms. The number of pyridine rings is 2. The van der Waals surface area contributed by atoms with E-state index in [4.69, 9.17) is 0 Å². The van der Waals surface area contributed by atoms with Gasteiger partial charge in [-0.3, -0.25) is 9.59 Å². The Labute approximate surface area is 170 Å². The molecule has 3 aromatic rings. The number of Topliss-reactive ketones (excluding diaryl/α,β-unsaturated/α-hetero) is 1. The van der Waals surface area contributed by atoms with Gasteiger partial charge in [0, 0.05) is 22.7 Å². The van der Waals surface area contributed by atoms with Crippen molar-refractivity contribution >= 4 is 28.2 Å². The van der Waals surface area contributed by atoms with Gasteiger partial charge < -0.3 is 9.67 Å². The summed E-state index contributed by atoms with van der Waals surface area (Å²) < 4.78 is 17.3. The number of ketones is 1. The Morgan fingerprint density at radius 1 is 1.34 bits per heavy atom. The van der Waals surface area contributed by atoms with E-state index >= 15 is 4.39 Å². The van der Waals surface area contributed by atoms with E-state index in [1.807, 2.05) is 10.6 Å². The highest BCUT2D eigenvalue weighted by Crippen LogP contribution is 2.42.